The Kier molecular flexibility index (Phi) is 12.8. The molecule has 6 nitrogen and oxygen atoms in total. The average molecular weight is 318 g/mol. The molecule has 1 atom stereocenters. The second-order valence-corrected chi connectivity index (χ2v) is 5.61. The van der Waals surface area contributed by atoms with Crippen molar-refractivity contribution in [1.82, 2.24) is 0 Å². The van der Waals surface area contributed by atoms with Crippen LogP contribution in [-0.2, 0) is 14.3 Å². The molecule has 0 heterocycles. The quantitative estimate of drug-likeness (QED) is 0.335. The van der Waals surface area contributed by atoms with Gasteiger partial charge in [0, 0.05) is 6.42 Å². The minimum absolute atomic E-state index is 0.0308. The fourth-order valence-corrected chi connectivity index (χ4v) is 2.27. The maximum atomic E-state index is 12.1. The van der Waals surface area contributed by atoms with Crippen molar-refractivity contribution in [3.8, 4) is 0 Å². The Balaban J connectivity index is 4.29. The Labute approximate surface area is 132 Å². The zero-order chi connectivity index (χ0) is 16.8. The Hall–Kier alpha value is -1.14. The molecule has 22 heavy (non-hydrogen) atoms. The number of rotatable bonds is 14. The molecule has 3 N–H and O–H groups in total. The molecule has 0 saturated heterocycles. The lowest BCUT2D eigenvalue weighted by Crippen LogP contribution is -2.29. The van der Waals surface area contributed by atoms with Crippen LogP contribution < -0.4 is 0 Å². The van der Waals surface area contributed by atoms with E-state index in [0.29, 0.717) is 19.3 Å². The summed E-state index contributed by atoms with van der Waals surface area (Å²) in [5.74, 6) is -1.69. The number of carboxylic acids is 1. The zero-order valence-corrected chi connectivity index (χ0v) is 13.5. The molecule has 0 bridgehead atoms. The third kappa shape index (κ3) is 10.6. The lowest BCUT2D eigenvalue weighted by molar-refractivity contribution is -0.159. The van der Waals surface area contributed by atoms with E-state index in [1.807, 2.05) is 0 Å². The van der Waals surface area contributed by atoms with E-state index in [1.54, 1.807) is 0 Å². The second-order valence-electron chi connectivity index (χ2n) is 5.61. The van der Waals surface area contributed by atoms with Crippen molar-refractivity contribution >= 4 is 11.9 Å². The lowest BCUT2D eigenvalue weighted by atomic mass is 9.95. The summed E-state index contributed by atoms with van der Waals surface area (Å²) < 4.78 is 5.06. The van der Waals surface area contributed by atoms with E-state index in [2.05, 4.69) is 6.92 Å². The minimum atomic E-state index is -0.894. The third-order valence-corrected chi connectivity index (χ3v) is 3.62. The molecular weight excluding hydrogens is 288 g/mol. The summed E-state index contributed by atoms with van der Waals surface area (Å²) in [7, 11) is 0. The van der Waals surface area contributed by atoms with Gasteiger partial charge in [0.15, 0.2) is 0 Å². The van der Waals surface area contributed by atoms with Crippen molar-refractivity contribution in [2.24, 2.45) is 5.92 Å². The molecule has 0 aromatic rings. The van der Waals surface area contributed by atoms with Crippen molar-refractivity contribution in [1.29, 1.82) is 0 Å². The number of unbranched alkanes of at least 4 members (excludes halogenated alkanes) is 4. The van der Waals surface area contributed by atoms with Gasteiger partial charge in [-0.2, -0.15) is 0 Å². The van der Waals surface area contributed by atoms with Gasteiger partial charge in [-0.3, -0.25) is 9.59 Å². The summed E-state index contributed by atoms with van der Waals surface area (Å²) in [4.78, 5) is 22.6. The van der Waals surface area contributed by atoms with Crippen LogP contribution in [0.4, 0.5) is 0 Å². The van der Waals surface area contributed by atoms with Gasteiger partial charge in [-0.25, -0.2) is 0 Å². The van der Waals surface area contributed by atoms with Gasteiger partial charge in [-0.15, -0.1) is 0 Å². The molecule has 0 spiro atoms. The summed E-state index contributed by atoms with van der Waals surface area (Å²) in [6.07, 6.45) is 6.07. The zero-order valence-electron chi connectivity index (χ0n) is 13.5. The monoisotopic (exact) mass is 318 g/mol. The normalized spacial score (nSPS) is 12.4. The topological polar surface area (TPSA) is 104 Å². The molecule has 0 saturated carbocycles. The molecule has 1 unspecified atom stereocenters. The van der Waals surface area contributed by atoms with Gasteiger partial charge >= 0.3 is 11.9 Å². The largest absolute Gasteiger partial charge is 0.481 e. The van der Waals surface area contributed by atoms with Gasteiger partial charge in [0.25, 0.3) is 0 Å². The first-order valence-corrected chi connectivity index (χ1v) is 8.19. The van der Waals surface area contributed by atoms with Crippen molar-refractivity contribution in [2.45, 2.75) is 70.8 Å². The highest BCUT2D eigenvalue weighted by Crippen LogP contribution is 2.20. The Morgan fingerprint density at radius 1 is 0.955 bits per heavy atom. The standard InChI is InChI=1S/C16H30O6/c1-2-3-4-5-6-8-13(9-7-10-15(19)20)16(21)22-14(11-17)12-18/h13-14,17-18H,2-12H2,1H3,(H,19,20). The minimum Gasteiger partial charge on any atom is -0.481 e. The third-order valence-electron chi connectivity index (χ3n) is 3.62. The van der Waals surface area contributed by atoms with Crippen LogP contribution in [0, 0.1) is 5.92 Å². The summed E-state index contributed by atoms with van der Waals surface area (Å²) in [6, 6.07) is 0. The van der Waals surface area contributed by atoms with E-state index in [9.17, 15) is 9.59 Å². The summed E-state index contributed by atoms with van der Waals surface area (Å²) >= 11 is 0. The molecule has 0 aliphatic rings. The van der Waals surface area contributed by atoms with Crippen LogP contribution in [0.2, 0.25) is 0 Å². The molecule has 0 rings (SSSR count). The van der Waals surface area contributed by atoms with Gasteiger partial charge in [-0.05, 0) is 19.3 Å². The van der Waals surface area contributed by atoms with E-state index >= 15 is 0 Å². The lowest BCUT2D eigenvalue weighted by Gasteiger charge is -2.19. The Morgan fingerprint density at radius 2 is 1.55 bits per heavy atom. The second kappa shape index (κ2) is 13.5. The first-order chi connectivity index (χ1) is 10.5. The van der Waals surface area contributed by atoms with Crippen molar-refractivity contribution in [3.05, 3.63) is 0 Å². The maximum absolute atomic E-state index is 12.1. The molecule has 0 aromatic carbocycles. The number of carbonyl (C=O) groups excluding carboxylic acids is 1. The molecule has 0 radical (unpaired) electrons. The highest BCUT2D eigenvalue weighted by atomic mass is 16.6. The molecule has 0 fully saturated rings. The SMILES string of the molecule is CCCCCCCC(CCCC(=O)O)C(=O)OC(CO)CO. The molecule has 0 aromatic heterocycles. The number of hydrogen-bond acceptors (Lipinski definition) is 5. The van der Waals surface area contributed by atoms with Gasteiger partial charge < -0.3 is 20.1 Å². The first-order valence-electron chi connectivity index (χ1n) is 8.19. The van der Waals surface area contributed by atoms with Crippen LogP contribution in [0.15, 0.2) is 0 Å². The number of aliphatic hydroxyl groups excluding tert-OH is 2. The Morgan fingerprint density at radius 3 is 2.09 bits per heavy atom. The smallest absolute Gasteiger partial charge is 0.309 e. The predicted octanol–water partition coefficient (Wildman–Crippen LogP) is 2.11. The number of hydrogen-bond donors (Lipinski definition) is 3. The van der Waals surface area contributed by atoms with Crippen molar-refractivity contribution in [3.63, 3.8) is 0 Å². The van der Waals surface area contributed by atoms with Crippen LogP contribution in [-0.4, -0.2) is 46.6 Å². The van der Waals surface area contributed by atoms with Crippen LogP contribution in [0.1, 0.15) is 64.7 Å². The van der Waals surface area contributed by atoms with Crippen LogP contribution in [0.3, 0.4) is 0 Å². The van der Waals surface area contributed by atoms with E-state index in [-0.39, 0.29) is 12.3 Å². The molecule has 0 amide bonds. The van der Waals surface area contributed by atoms with Crippen LogP contribution in [0.5, 0.6) is 0 Å². The molecule has 6 heteroatoms. The van der Waals surface area contributed by atoms with Crippen molar-refractivity contribution in [2.75, 3.05) is 13.2 Å². The molecule has 130 valence electrons. The van der Waals surface area contributed by atoms with E-state index < -0.39 is 31.3 Å². The van der Waals surface area contributed by atoms with Gasteiger partial charge in [0.2, 0.25) is 0 Å². The average Bonchev–Trinajstić information content (AvgIpc) is 2.50. The number of esters is 1. The Bertz CT molecular complexity index is 301. The van der Waals surface area contributed by atoms with Crippen LogP contribution >= 0.6 is 0 Å². The van der Waals surface area contributed by atoms with Gasteiger partial charge in [-0.1, -0.05) is 39.0 Å². The summed E-state index contributed by atoms with van der Waals surface area (Å²) in [6.45, 7) is 1.30. The fourth-order valence-electron chi connectivity index (χ4n) is 2.27. The molecule has 0 aliphatic carbocycles. The van der Waals surface area contributed by atoms with Crippen molar-refractivity contribution < 1.29 is 29.6 Å². The van der Waals surface area contributed by atoms with Gasteiger partial charge in [0.1, 0.15) is 6.10 Å². The number of aliphatic hydroxyl groups is 2. The number of ether oxygens (including phenoxy) is 1. The summed E-state index contributed by atoms with van der Waals surface area (Å²) in [5, 5.41) is 26.6. The highest BCUT2D eigenvalue weighted by Gasteiger charge is 2.22. The number of carbonyl (C=O) groups is 2. The first kappa shape index (κ1) is 20.9. The van der Waals surface area contributed by atoms with Gasteiger partial charge in [0.05, 0.1) is 19.1 Å². The maximum Gasteiger partial charge on any atom is 0.309 e. The molecule has 0 aliphatic heterocycles. The summed E-state index contributed by atoms with van der Waals surface area (Å²) in [5.41, 5.74) is 0. The number of aliphatic carboxylic acids is 1. The van der Waals surface area contributed by atoms with E-state index in [4.69, 9.17) is 20.1 Å². The highest BCUT2D eigenvalue weighted by molar-refractivity contribution is 5.72. The number of carboxylic acid groups (broad SMARTS) is 1. The van der Waals surface area contributed by atoms with Crippen LogP contribution in [0.25, 0.3) is 0 Å². The fraction of sp³-hybridized carbons (Fsp3) is 0.875. The predicted molar refractivity (Wildman–Crippen MR) is 82.4 cm³/mol. The van der Waals surface area contributed by atoms with E-state index in [1.165, 1.54) is 6.42 Å². The van der Waals surface area contributed by atoms with E-state index in [0.717, 1.165) is 25.7 Å². The molecular formula is C16H30O6.